The quantitative estimate of drug-likeness (QED) is 0.770. The number of methoxy groups -OCH3 is 1. The molecule has 14 heavy (non-hydrogen) atoms. The molecule has 1 aromatic heterocycles. The van der Waals surface area contributed by atoms with Gasteiger partial charge in [0, 0.05) is 6.20 Å². The molecule has 1 aromatic rings. The summed E-state index contributed by atoms with van der Waals surface area (Å²) in [5.41, 5.74) is -0.320. The Hall–Kier alpha value is -0.810. The third kappa shape index (κ3) is 2.59. The van der Waals surface area contributed by atoms with Gasteiger partial charge in [-0.3, -0.25) is 9.59 Å². The van der Waals surface area contributed by atoms with Crippen LogP contribution in [0.25, 0.3) is 0 Å². The van der Waals surface area contributed by atoms with E-state index in [1.807, 2.05) is 0 Å². The summed E-state index contributed by atoms with van der Waals surface area (Å²) >= 11 is 8.75. The molecule has 0 unspecified atom stereocenters. The molecule has 0 fully saturated rings. The van der Waals surface area contributed by atoms with Crippen molar-refractivity contribution in [1.29, 1.82) is 0 Å². The number of pyridine rings is 1. The molecule has 0 saturated heterocycles. The SMILES string of the molecule is COC(=O)Cn1cc(Cl)cc(Br)c1=O. The molecule has 0 bridgehead atoms. The first-order valence-electron chi connectivity index (χ1n) is 3.67. The topological polar surface area (TPSA) is 48.3 Å². The molecule has 0 atom stereocenters. The molecule has 0 amide bonds. The van der Waals surface area contributed by atoms with E-state index in [2.05, 4.69) is 20.7 Å². The van der Waals surface area contributed by atoms with E-state index >= 15 is 0 Å². The number of esters is 1. The molecular weight excluding hydrogens is 273 g/mol. The van der Waals surface area contributed by atoms with Gasteiger partial charge in [0.05, 0.1) is 16.6 Å². The molecule has 6 heteroatoms. The number of hydrogen-bond donors (Lipinski definition) is 0. The zero-order chi connectivity index (χ0) is 10.7. The van der Waals surface area contributed by atoms with Gasteiger partial charge in [0.25, 0.3) is 5.56 Å². The molecule has 0 aliphatic heterocycles. The van der Waals surface area contributed by atoms with Crippen LogP contribution in [-0.4, -0.2) is 17.6 Å². The Morgan fingerprint density at radius 1 is 1.71 bits per heavy atom. The molecule has 0 N–H and O–H groups in total. The van der Waals surface area contributed by atoms with Crippen molar-refractivity contribution >= 4 is 33.5 Å². The summed E-state index contributed by atoms with van der Waals surface area (Å²) < 4.78 is 5.92. The van der Waals surface area contributed by atoms with Gasteiger partial charge < -0.3 is 9.30 Å². The fourth-order valence-electron chi connectivity index (χ4n) is 0.886. The van der Waals surface area contributed by atoms with Crippen LogP contribution in [0.5, 0.6) is 0 Å². The molecule has 0 aromatic carbocycles. The number of ether oxygens (including phenoxy) is 1. The van der Waals surface area contributed by atoms with Crippen LogP contribution in [0.3, 0.4) is 0 Å². The Morgan fingerprint density at radius 2 is 2.36 bits per heavy atom. The molecule has 0 aliphatic carbocycles. The number of carbonyl (C=O) groups excluding carboxylic acids is 1. The summed E-state index contributed by atoms with van der Waals surface area (Å²) in [7, 11) is 1.26. The third-order valence-electron chi connectivity index (χ3n) is 1.54. The van der Waals surface area contributed by atoms with Gasteiger partial charge in [-0.1, -0.05) is 11.6 Å². The van der Waals surface area contributed by atoms with Crippen LogP contribution >= 0.6 is 27.5 Å². The number of halogens is 2. The summed E-state index contributed by atoms with van der Waals surface area (Å²) in [4.78, 5) is 22.3. The van der Waals surface area contributed by atoms with E-state index in [1.165, 1.54) is 23.9 Å². The molecule has 76 valence electrons. The highest BCUT2D eigenvalue weighted by Crippen LogP contribution is 2.11. The average molecular weight is 281 g/mol. The van der Waals surface area contributed by atoms with Crippen LogP contribution in [0.1, 0.15) is 0 Å². The molecule has 1 rings (SSSR count). The van der Waals surface area contributed by atoms with Gasteiger partial charge in [-0.05, 0) is 22.0 Å². The minimum absolute atomic E-state index is 0.144. The fraction of sp³-hybridized carbons (Fsp3) is 0.250. The fourth-order valence-corrected chi connectivity index (χ4v) is 1.72. The Morgan fingerprint density at radius 3 is 2.93 bits per heavy atom. The van der Waals surface area contributed by atoms with Crippen molar-refractivity contribution in [3.05, 3.63) is 32.1 Å². The second-order valence-electron chi connectivity index (χ2n) is 2.52. The van der Waals surface area contributed by atoms with Crippen molar-refractivity contribution in [2.75, 3.05) is 7.11 Å². The second kappa shape index (κ2) is 4.61. The predicted molar refractivity (Wildman–Crippen MR) is 55.4 cm³/mol. The summed E-state index contributed by atoms with van der Waals surface area (Å²) in [5.74, 6) is -0.499. The Bertz CT molecular complexity index is 416. The molecule has 0 aliphatic rings. The van der Waals surface area contributed by atoms with Crippen LogP contribution in [0.15, 0.2) is 21.5 Å². The van der Waals surface area contributed by atoms with Gasteiger partial charge in [-0.2, -0.15) is 0 Å². The lowest BCUT2D eigenvalue weighted by Gasteiger charge is -2.04. The van der Waals surface area contributed by atoms with Crippen molar-refractivity contribution in [2.45, 2.75) is 6.54 Å². The zero-order valence-electron chi connectivity index (χ0n) is 7.29. The van der Waals surface area contributed by atoms with Gasteiger partial charge >= 0.3 is 5.97 Å². The summed E-state index contributed by atoms with van der Waals surface area (Å²) in [5, 5.41) is 0.375. The number of rotatable bonds is 2. The Kier molecular flexibility index (Phi) is 3.71. The maximum Gasteiger partial charge on any atom is 0.325 e. The van der Waals surface area contributed by atoms with Gasteiger partial charge in [0.1, 0.15) is 6.54 Å². The molecule has 0 spiro atoms. The zero-order valence-corrected chi connectivity index (χ0v) is 9.63. The number of hydrogen-bond acceptors (Lipinski definition) is 3. The van der Waals surface area contributed by atoms with E-state index in [1.54, 1.807) is 0 Å². The van der Waals surface area contributed by atoms with Crippen molar-refractivity contribution in [3.8, 4) is 0 Å². The largest absolute Gasteiger partial charge is 0.468 e. The van der Waals surface area contributed by atoms with E-state index in [9.17, 15) is 9.59 Å². The highest BCUT2D eigenvalue weighted by molar-refractivity contribution is 9.10. The molecule has 4 nitrogen and oxygen atoms in total. The summed E-state index contributed by atoms with van der Waals surface area (Å²) in [6.45, 7) is -0.144. The van der Waals surface area contributed by atoms with E-state index in [-0.39, 0.29) is 12.1 Å². The standard InChI is InChI=1S/C8H7BrClNO3/c1-14-7(12)4-11-3-5(10)2-6(9)8(11)13/h2-3H,4H2,1H3. The van der Waals surface area contributed by atoms with Gasteiger partial charge in [-0.25, -0.2) is 0 Å². The first-order chi connectivity index (χ1) is 6.54. The monoisotopic (exact) mass is 279 g/mol. The highest BCUT2D eigenvalue weighted by Gasteiger charge is 2.07. The lowest BCUT2D eigenvalue weighted by molar-refractivity contribution is -0.141. The van der Waals surface area contributed by atoms with Gasteiger partial charge in [-0.15, -0.1) is 0 Å². The Labute approximate surface area is 93.6 Å². The van der Waals surface area contributed by atoms with E-state index in [0.29, 0.717) is 9.50 Å². The first-order valence-corrected chi connectivity index (χ1v) is 4.84. The van der Waals surface area contributed by atoms with E-state index < -0.39 is 5.97 Å². The van der Waals surface area contributed by atoms with Crippen molar-refractivity contribution in [2.24, 2.45) is 0 Å². The minimum Gasteiger partial charge on any atom is -0.468 e. The van der Waals surface area contributed by atoms with Crippen LogP contribution in [-0.2, 0) is 16.1 Å². The normalized spacial score (nSPS) is 9.93. The number of nitrogens with zero attached hydrogens (tertiary/aromatic N) is 1. The van der Waals surface area contributed by atoms with Crippen molar-refractivity contribution in [3.63, 3.8) is 0 Å². The molecule has 0 radical (unpaired) electrons. The van der Waals surface area contributed by atoms with Gasteiger partial charge in [0.15, 0.2) is 0 Å². The number of carbonyl (C=O) groups is 1. The van der Waals surface area contributed by atoms with E-state index in [0.717, 1.165) is 0 Å². The molecule has 0 saturated carbocycles. The van der Waals surface area contributed by atoms with Crippen molar-refractivity contribution in [1.82, 2.24) is 4.57 Å². The first kappa shape index (κ1) is 11.3. The summed E-state index contributed by atoms with van der Waals surface area (Å²) in [6.07, 6.45) is 1.38. The summed E-state index contributed by atoms with van der Waals surface area (Å²) in [6, 6.07) is 1.47. The Balaban J connectivity index is 3.09. The van der Waals surface area contributed by atoms with Crippen molar-refractivity contribution < 1.29 is 9.53 Å². The molecule has 1 heterocycles. The van der Waals surface area contributed by atoms with Crippen LogP contribution in [0, 0.1) is 0 Å². The second-order valence-corrected chi connectivity index (χ2v) is 3.81. The predicted octanol–water partition coefficient (Wildman–Crippen LogP) is 1.44. The van der Waals surface area contributed by atoms with Crippen LogP contribution in [0.2, 0.25) is 5.02 Å². The maximum atomic E-state index is 11.4. The lowest BCUT2D eigenvalue weighted by atomic mass is 10.4. The number of aromatic nitrogens is 1. The highest BCUT2D eigenvalue weighted by atomic mass is 79.9. The van der Waals surface area contributed by atoms with Crippen LogP contribution in [0.4, 0.5) is 0 Å². The van der Waals surface area contributed by atoms with E-state index in [4.69, 9.17) is 11.6 Å². The van der Waals surface area contributed by atoms with Gasteiger partial charge in [0.2, 0.25) is 0 Å². The lowest BCUT2D eigenvalue weighted by Crippen LogP contribution is -2.24. The maximum absolute atomic E-state index is 11.4. The smallest absolute Gasteiger partial charge is 0.325 e. The average Bonchev–Trinajstić information content (AvgIpc) is 2.13. The van der Waals surface area contributed by atoms with Crippen LogP contribution < -0.4 is 5.56 Å². The molecular formula is C8H7BrClNO3. The minimum atomic E-state index is -0.499. The third-order valence-corrected chi connectivity index (χ3v) is 2.31.